The first kappa shape index (κ1) is 19.0. The van der Waals surface area contributed by atoms with Crippen LogP contribution >= 0.6 is 11.3 Å². The molecule has 1 aliphatic carbocycles. The van der Waals surface area contributed by atoms with Crippen molar-refractivity contribution in [1.82, 2.24) is 20.2 Å². The summed E-state index contributed by atoms with van der Waals surface area (Å²) in [5.41, 5.74) is 4.44. The van der Waals surface area contributed by atoms with Gasteiger partial charge in [-0.15, -0.1) is 11.3 Å². The second-order valence-electron chi connectivity index (χ2n) is 7.93. The number of aromatic amines is 2. The Morgan fingerprint density at radius 3 is 2.63 bits per heavy atom. The lowest BCUT2D eigenvalue weighted by atomic mass is 10.0. The van der Waals surface area contributed by atoms with Gasteiger partial charge in [-0.05, 0) is 54.5 Å². The molecule has 1 aliphatic rings. The molecule has 4 aromatic rings. The quantitative estimate of drug-likeness (QED) is 0.420. The maximum Gasteiger partial charge on any atom is 0.260 e. The van der Waals surface area contributed by atoms with Crippen LogP contribution in [0, 0.1) is 5.92 Å². The monoisotopic (exact) mass is 416 g/mol. The minimum atomic E-state index is -0.163. The Bertz CT molecular complexity index is 1200. The Balaban J connectivity index is 1.55. The summed E-state index contributed by atoms with van der Waals surface area (Å²) in [4.78, 5) is 22.7. The number of thiophene rings is 1. The highest BCUT2D eigenvalue weighted by Crippen LogP contribution is 2.36. The second kappa shape index (κ2) is 8.03. The van der Waals surface area contributed by atoms with Gasteiger partial charge in [-0.3, -0.25) is 9.89 Å². The summed E-state index contributed by atoms with van der Waals surface area (Å²) in [5.74, 6) is 1.42. The van der Waals surface area contributed by atoms with Gasteiger partial charge in [0.25, 0.3) is 5.56 Å². The summed E-state index contributed by atoms with van der Waals surface area (Å²) in [7, 11) is 0. The van der Waals surface area contributed by atoms with Crippen molar-refractivity contribution < 1.29 is 0 Å². The van der Waals surface area contributed by atoms with E-state index in [-0.39, 0.29) is 5.56 Å². The summed E-state index contributed by atoms with van der Waals surface area (Å²) < 4.78 is 0. The maximum absolute atomic E-state index is 13.1. The van der Waals surface area contributed by atoms with Gasteiger partial charge in [0.1, 0.15) is 6.33 Å². The van der Waals surface area contributed by atoms with Crippen LogP contribution in [0.5, 0.6) is 0 Å². The number of benzene rings is 1. The van der Waals surface area contributed by atoms with E-state index in [1.165, 1.54) is 36.0 Å². The molecule has 0 bridgehead atoms. The summed E-state index contributed by atoms with van der Waals surface area (Å²) in [6.45, 7) is 2.14. The summed E-state index contributed by atoms with van der Waals surface area (Å²) in [6.07, 6.45) is 7.60. The fraction of sp³-hybridized carbons (Fsp3) is 0.292. The number of nitrogens with zero attached hydrogens (tertiary/aromatic N) is 2. The maximum atomic E-state index is 13.1. The van der Waals surface area contributed by atoms with Crippen LogP contribution < -0.4 is 5.56 Å². The van der Waals surface area contributed by atoms with Gasteiger partial charge in [0.15, 0.2) is 5.82 Å². The molecule has 6 heteroatoms. The van der Waals surface area contributed by atoms with E-state index in [1.807, 2.05) is 0 Å². The average Bonchev–Trinajstić information content (AvgIpc) is 3.23. The highest BCUT2D eigenvalue weighted by Gasteiger charge is 2.21. The van der Waals surface area contributed by atoms with E-state index in [9.17, 15) is 4.79 Å². The van der Waals surface area contributed by atoms with Crippen LogP contribution in [0.4, 0.5) is 0 Å². The van der Waals surface area contributed by atoms with Crippen molar-refractivity contribution in [1.29, 1.82) is 0 Å². The van der Waals surface area contributed by atoms with Crippen molar-refractivity contribution in [3.8, 4) is 33.1 Å². The molecule has 152 valence electrons. The molecule has 1 fully saturated rings. The standard InChI is InChI=1S/C24H24N4OS/c1-2-18-11-12-21(30-18)19-13-20(27-24(29)22(19)23-25-14-26-28-23)17-9-7-16(8-10-17)6-5-15-3-4-15/h7-15H,2-6H2,1H3,(H,27,29)(H,25,26,28). The fourth-order valence-corrected chi connectivity index (χ4v) is 4.78. The van der Waals surface area contributed by atoms with Gasteiger partial charge in [-0.1, -0.05) is 44.0 Å². The minimum absolute atomic E-state index is 0.163. The lowest BCUT2D eigenvalue weighted by molar-refractivity contribution is 0.727. The van der Waals surface area contributed by atoms with E-state index in [0.717, 1.165) is 40.5 Å². The van der Waals surface area contributed by atoms with Crippen molar-refractivity contribution in [2.45, 2.75) is 39.0 Å². The number of H-pyrrole nitrogens is 2. The number of nitrogens with one attached hydrogen (secondary N) is 2. The molecule has 0 saturated heterocycles. The van der Waals surface area contributed by atoms with Crippen molar-refractivity contribution in [3.05, 3.63) is 69.6 Å². The molecule has 5 nitrogen and oxygen atoms in total. The molecule has 5 rings (SSSR count). The Labute approximate surface area is 179 Å². The molecule has 3 aromatic heterocycles. The Morgan fingerprint density at radius 1 is 1.13 bits per heavy atom. The van der Waals surface area contributed by atoms with Crippen LogP contribution in [0.25, 0.3) is 33.1 Å². The number of hydrogen-bond donors (Lipinski definition) is 2. The van der Waals surface area contributed by atoms with E-state index in [4.69, 9.17) is 0 Å². The first-order chi connectivity index (χ1) is 14.7. The number of aromatic nitrogens is 4. The molecular weight excluding hydrogens is 392 g/mol. The molecule has 30 heavy (non-hydrogen) atoms. The Hall–Kier alpha value is -2.99. The predicted octanol–water partition coefficient (Wildman–Crippen LogP) is 5.46. The van der Waals surface area contributed by atoms with E-state index < -0.39 is 0 Å². The normalized spacial score (nSPS) is 13.6. The molecule has 0 aliphatic heterocycles. The molecule has 1 aromatic carbocycles. The Kier molecular flexibility index (Phi) is 5.09. The highest BCUT2D eigenvalue weighted by atomic mass is 32.1. The third kappa shape index (κ3) is 3.87. The van der Waals surface area contributed by atoms with Crippen molar-refractivity contribution in [2.24, 2.45) is 5.92 Å². The third-order valence-electron chi connectivity index (χ3n) is 5.76. The SMILES string of the molecule is CCc1ccc(-c2cc(-c3ccc(CCC4CC4)cc3)[nH]c(=O)c2-c2ncn[nH]2)s1. The lowest BCUT2D eigenvalue weighted by Gasteiger charge is -2.10. The number of rotatable bonds is 7. The van der Waals surface area contributed by atoms with Crippen LogP contribution in [0.2, 0.25) is 0 Å². The zero-order valence-electron chi connectivity index (χ0n) is 16.9. The molecular formula is C24H24N4OS. The van der Waals surface area contributed by atoms with Crippen LogP contribution in [0.15, 0.2) is 53.6 Å². The van der Waals surface area contributed by atoms with Gasteiger partial charge in [-0.25, -0.2) is 4.98 Å². The molecule has 0 atom stereocenters. The van der Waals surface area contributed by atoms with Gasteiger partial charge < -0.3 is 4.98 Å². The Morgan fingerprint density at radius 2 is 1.97 bits per heavy atom. The molecule has 0 radical (unpaired) electrons. The summed E-state index contributed by atoms with van der Waals surface area (Å²) >= 11 is 1.71. The lowest BCUT2D eigenvalue weighted by Crippen LogP contribution is -2.12. The number of hydrogen-bond acceptors (Lipinski definition) is 4. The molecule has 0 amide bonds. The van der Waals surface area contributed by atoms with Gasteiger partial charge in [0.05, 0.1) is 5.56 Å². The number of pyridine rings is 1. The van der Waals surface area contributed by atoms with E-state index in [0.29, 0.717) is 11.4 Å². The highest BCUT2D eigenvalue weighted by molar-refractivity contribution is 7.15. The summed E-state index contributed by atoms with van der Waals surface area (Å²) in [6, 6.07) is 14.8. The van der Waals surface area contributed by atoms with E-state index >= 15 is 0 Å². The minimum Gasteiger partial charge on any atom is -0.321 e. The van der Waals surface area contributed by atoms with Crippen LogP contribution in [0.3, 0.4) is 0 Å². The fourth-order valence-electron chi connectivity index (χ4n) is 3.81. The topological polar surface area (TPSA) is 74.4 Å². The third-order valence-corrected chi connectivity index (χ3v) is 7.03. The van der Waals surface area contributed by atoms with Gasteiger partial charge in [0, 0.05) is 21.0 Å². The van der Waals surface area contributed by atoms with Gasteiger partial charge >= 0.3 is 0 Å². The second-order valence-corrected chi connectivity index (χ2v) is 9.10. The molecule has 3 heterocycles. The van der Waals surface area contributed by atoms with Crippen molar-refractivity contribution in [2.75, 3.05) is 0 Å². The van der Waals surface area contributed by atoms with Crippen molar-refractivity contribution in [3.63, 3.8) is 0 Å². The first-order valence-electron chi connectivity index (χ1n) is 10.5. The van der Waals surface area contributed by atoms with Crippen molar-refractivity contribution >= 4 is 11.3 Å². The molecule has 0 spiro atoms. The van der Waals surface area contributed by atoms with Crippen LogP contribution in [-0.2, 0) is 12.8 Å². The zero-order valence-corrected chi connectivity index (χ0v) is 17.8. The first-order valence-corrected chi connectivity index (χ1v) is 11.3. The van der Waals surface area contributed by atoms with Crippen LogP contribution in [0.1, 0.15) is 36.6 Å². The van der Waals surface area contributed by atoms with E-state index in [1.54, 1.807) is 11.3 Å². The molecule has 2 N–H and O–H groups in total. The number of aryl methyl sites for hydroxylation is 2. The van der Waals surface area contributed by atoms with E-state index in [2.05, 4.69) is 69.6 Å². The van der Waals surface area contributed by atoms with Gasteiger partial charge in [0.2, 0.25) is 0 Å². The van der Waals surface area contributed by atoms with Crippen LogP contribution in [-0.4, -0.2) is 20.2 Å². The largest absolute Gasteiger partial charge is 0.321 e. The molecule has 0 unspecified atom stereocenters. The summed E-state index contributed by atoms with van der Waals surface area (Å²) in [5, 5.41) is 6.78. The zero-order chi connectivity index (χ0) is 20.5. The molecule has 1 saturated carbocycles. The van der Waals surface area contributed by atoms with Gasteiger partial charge in [-0.2, -0.15) is 5.10 Å². The predicted molar refractivity (Wildman–Crippen MR) is 122 cm³/mol. The average molecular weight is 417 g/mol. The smallest absolute Gasteiger partial charge is 0.260 e.